The molecule has 0 unspecified atom stereocenters. The third-order valence-electron chi connectivity index (χ3n) is 5.41. The van der Waals surface area contributed by atoms with Crippen LogP contribution in [0.15, 0.2) is 65.8 Å². The number of aromatic nitrogens is 4. The van der Waals surface area contributed by atoms with Crippen molar-refractivity contribution < 1.29 is 13.2 Å². The molecule has 0 radical (unpaired) electrons. The second kappa shape index (κ2) is 9.26. The highest BCUT2D eigenvalue weighted by Crippen LogP contribution is 2.38. The minimum absolute atomic E-state index is 0.0117. The first-order valence-electron chi connectivity index (χ1n) is 10.9. The molecule has 2 aromatic carbocycles. The molecule has 8 nitrogen and oxygen atoms in total. The molecule has 0 saturated heterocycles. The van der Waals surface area contributed by atoms with Crippen LogP contribution in [0.4, 0.5) is 5.95 Å². The summed E-state index contributed by atoms with van der Waals surface area (Å²) < 4.78 is 36.2. The molecule has 0 aliphatic carbocycles. The van der Waals surface area contributed by atoms with Gasteiger partial charge in [0, 0.05) is 24.4 Å². The summed E-state index contributed by atoms with van der Waals surface area (Å²) in [6.07, 6.45) is 2.69. The number of nitrogens with one attached hydrogen (secondary N) is 1. The van der Waals surface area contributed by atoms with E-state index in [1.54, 1.807) is 7.05 Å². The number of benzene rings is 2. The van der Waals surface area contributed by atoms with Crippen molar-refractivity contribution in [2.24, 2.45) is 7.05 Å². The van der Waals surface area contributed by atoms with Crippen LogP contribution in [-0.2, 0) is 17.1 Å². The maximum absolute atomic E-state index is 13.0. The summed E-state index contributed by atoms with van der Waals surface area (Å²) in [4.78, 5) is 9.19. The molecule has 0 saturated carbocycles. The van der Waals surface area contributed by atoms with Crippen molar-refractivity contribution in [3.8, 4) is 22.9 Å². The SMILES string of the molecule is Cc1ccccc1Oc1nc(NS(=O)(=O)c2cnn(C)c2)nc(-c2ccccc2C)c1C(C)C. The van der Waals surface area contributed by atoms with E-state index >= 15 is 0 Å². The van der Waals surface area contributed by atoms with Crippen LogP contribution in [0.5, 0.6) is 11.6 Å². The molecule has 9 heteroatoms. The minimum atomic E-state index is -3.95. The zero-order valence-corrected chi connectivity index (χ0v) is 20.6. The lowest BCUT2D eigenvalue weighted by Crippen LogP contribution is -2.16. The van der Waals surface area contributed by atoms with Crippen LogP contribution in [0.1, 0.15) is 36.5 Å². The van der Waals surface area contributed by atoms with Gasteiger partial charge in [-0.15, -0.1) is 0 Å². The number of ether oxygens (including phenoxy) is 1. The summed E-state index contributed by atoms with van der Waals surface area (Å²) in [7, 11) is -2.30. The molecular formula is C25H27N5O3S. The number of sulfonamides is 1. The number of rotatable bonds is 7. The van der Waals surface area contributed by atoms with Gasteiger partial charge < -0.3 is 4.74 Å². The molecule has 0 spiro atoms. The van der Waals surface area contributed by atoms with E-state index in [0.717, 1.165) is 22.3 Å². The quantitative estimate of drug-likeness (QED) is 0.392. The Kier molecular flexibility index (Phi) is 6.39. The predicted octanol–water partition coefficient (Wildman–Crippen LogP) is 5.21. The van der Waals surface area contributed by atoms with Crippen LogP contribution in [0.3, 0.4) is 0 Å². The lowest BCUT2D eigenvalue weighted by molar-refractivity contribution is 0.449. The first-order chi connectivity index (χ1) is 16.2. The van der Waals surface area contributed by atoms with Crippen molar-refractivity contribution in [2.75, 3.05) is 4.72 Å². The Labute approximate surface area is 199 Å². The number of hydrogen-bond donors (Lipinski definition) is 1. The number of nitrogens with zero attached hydrogens (tertiary/aromatic N) is 4. The lowest BCUT2D eigenvalue weighted by Gasteiger charge is -2.20. The summed E-state index contributed by atoms with van der Waals surface area (Å²) in [5, 5.41) is 3.95. The monoisotopic (exact) mass is 477 g/mol. The van der Waals surface area contributed by atoms with Crippen molar-refractivity contribution in [1.82, 2.24) is 19.7 Å². The van der Waals surface area contributed by atoms with E-state index < -0.39 is 10.0 Å². The highest BCUT2D eigenvalue weighted by molar-refractivity contribution is 7.92. The van der Waals surface area contributed by atoms with Crippen LogP contribution >= 0.6 is 0 Å². The summed E-state index contributed by atoms with van der Waals surface area (Å²) in [5.41, 5.74) is 4.24. The molecule has 34 heavy (non-hydrogen) atoms. The van der Waals surface area contributed by atoms with Gasteiger partial charge in [0.2, 0.25) is 11.8 Å². The highest BCUT2D eigenvalue weighted by atomic mass is 32.2. The minimum Gasteiger partial charge on any atom is -0.438 e. The molecule has 0 bridgehead atoms. The molecule has 4 aromatic rings. The van der Waals surface area contributed by atoms with E-state index in [1.807, 2.05) is 76.2 Å². The summed E-state index contributed by atoms with van der Waals surface area (Å²) in [6, 6.07) is 15.4. The number of para-hydroxylation sites is 1. The van der Waals surface area contributed by atoms with Gasteiger partial charge in [-0.25, -0.2) is 18.1 Å². The molecule has 2 heterocycles. The molecule has 0 fully saturated rings. The van der Waals surface area contributed by atoms with E-state index in [4.69, 9.17) is 4.74 Å². The van der Waals surface area contributed by atoms with Gasteiger partial charge in [-0.2, -0.15) is 10.1 Å². The molecular weight excluding hydrogens is 450 g/mol. The zero-order chi connectivity index (χ0) is 24.5. The Morgan fingerprint density at radius 1 is 0.971 bits per heavy atom. The molecule has 0 aliphatic heterocycles. The fourth-order valence-electron chi connectivity index (χ4n) is 3.63. The molecule has 4 rings (SSSR count). The van der Waals surface area contributed by atoms with E-state index in [1.165, 1.54) is 17.1 Å². The van der Waals surface area contributed by atoms with Gasteiger partial charge in [-0.1, -0.05) is 56.3 Å². The second-order valence-corrected chi connectivity index (χ2v) is 10.1. The number of anilines is 1. The van der Waals surface area contributed by atoms with Gasteiger partial charge in [-0.05, 0) is 37.0 Å². The average molecular weight is 478 g/mol. The third kappa shape index (κ3) is 4.79. The van der Waals surface area contributed by atoms with E-state index in [2.05, 4.69) is 19.8 Å². The van der Waals surface area contributed by atoms with Crippen molar-refractivity contribution in [3.05, 3.63) is 77.6 Å². The maximum atomic E-state index is 13.0. The van der Waals surface area contributed by atoms with Crippen molar-refractivity contribution in [2.45, 2.75) is 38.5 Å². The highest BCUT2D eigenvalue weighted by Gasteiger charge is 2.25. The van der Waals surface area contributed by atoms with Gasteiger partial charge >= 0.3 is 0 Å². The van der Waals surface area contributed by atoms with Gasteiger partial charge in [-0.3, -0.25) is 4.68 Å². The second-order valence-electron chi connectivity index (χ2n) is 8.41. The van der Waals surface area contributed by atoms with Crippen LogP contribution in [0, 0.1) is 13.8 Å². The maximum Gasteiger partial charge on any atom is 0.267 e. The molecule has 176 valence electrons. The molecule has 1 N–H and O–H groups in total. The average Bonchev–Trinajstić information content (AvgIpc) is 3.22. The topological polar surface area (TPSA) is 99.0 Å². The van der Waals surface area contributed by atoms with Crippen molar-refractivity contribution in [3.63, 3.8) is 0 Å². The van der Waals surface area contributed by atoms with Crippen LogP contribution < -0.4 is 9.46 Å². The summed E-state index contributed by atoms with van der Waals surface area (Å²) in [5.74, 6) is 0.883. The van der Waals surface area contributed by atoms with E-state index in [0.29, 0.717) is 17.3 Å². The van der Waals surface area contributed by atoms with Crippen LogP contribution in [0.25, 0.3) is 11.3 Å². The van der Waals surface area contributed by atoms with E-state index in [-0.39, 0.29) is 16.8 Å². The van der Waals surface area contributed by atoms with Gasteiger partial charge in [0.15, 0.2) is 0 Å². The standard InChI is InChI=1S/C25H27N5O3S/c1-16(2)22-23(20-12-8-6-10-17(20)3)27-25(29-34(31,32)19-14-26-30(5)15-19)28-24(22)33-21-13-9-7-11-18(21)4/h6-16H,1-5H3,(H,27,28,29). The first kappa shape index (κ1) is 23.4. The van der Waals surface area contributed by atoms with Gasteiger partial charge in [0.25, 0.3) is 10.0 Å². The normalized spacial score (nSPS) is 11.6. The molecule has 0 atom stereocenters. The van der Waals surface area contributed by atoms with Crippen molar-refractivity contribution >= 4 is 16.0 Å². The van der Waals surface area contributed by atoms with E-state index in [9.17, 15) is 8.42 Å². The predicted molar refractivity (Wildman–Crippen MR) is 132 cm³/mol. The third-order valence-corrected chi connectivity index (χ3v) is 6.69. The lowest BCUT2D eigenvalue weighted by atomic mass is 9.95. The number of aryl methyl sites for hydroxylation is 3. The van der Waals surface area contributed by atoms with Crippen LogP contribution in [0.2, 0.25) is 0 Å². The smallest absolute Gasteiger partial charge is 0.267 e. The zero-order valence-electron chi connectivity index (χ0n) is 19.8. The summed E-state index contributed by atoms with van der Waals surface area (Å²) >= 11 is 0. The fourth-order valence-corrected chi connectivity index (χ4v) is 4.56. The largest absolute Gasteiger partial charge is 0.438 e. The van der Waals surface area contributed by atoms with Crippen LogP contribution in [-0.4, -0.2) is 28.2 Å². The Hall–Kier alpha value is -3.72. The van der Waals surface area contributed by atoms with Gasteiger partial charge in [0.1, 0.15) is 10.6 Å². The Bertz CT molecular complexity index is 1440. The molecule has 0 amide bonds. The van der Waals surface area contributed by atoms with Gasteiger partial charge in [0.05, 0.1) is 11.9 Å². The number of hydrogen-bond acceptors (Lipinski definition) is 6. The molecule has 0 aliphatic rings. The Morgan fingerprint density at radius 3 is 2.26 bits per heavy atom. The first-order valence-corrected chi connectivity index (χ1v) is 12.4. The summed E-state index contributed by atoms with van der Waals surface area (Å²) in [6.45, 7) is 8.00. The van der Waals surface area contributed by atoms with Crippen molar-refractivity contribution in [1.29, 1.82) is 0 Å². The Balaban J connectivity index is 1.91. The fraction of sp³-hybridized carbons (Fsp3) is 0.240. The molecule has 2 aromatic heterocycles. The Morgan fingerprint density at radius 2 is 1.65 bits per heavy atom.